The van der Waals surface area contributed by atoms with Gasteiger partial charge < -0.3 is 9.80 Å². The molecular formula is C24H28N3O. The highest BCUT2D eigenvalue weighted by Crippen LogP contribution is 2.30. The number of aliphatic imine (C=N–C) groups is 1. The average molecular weight is 375 g/mol. The van der Waals surface area contributed by atoms with E-state index in [2.05, 4.69) is 55.2 Å². The van der Waals surface area contributed by atoms with Crippen LogP contribution < -0.4 is 0 Å². The minimum Gasteiger partial charge on any atom is -0.346 e. The number of rotatable bonds is 5. The average Bonchev–Trinajstić information content (AvgIpc) is 3.09. The molecule has 0 aromatic heterocycles. The van der Waals surface area contributed by atoms with Crippen molar-refractivity contribution in [2.75, 3.05) is 19.6 Å². The maximum Gasteiger partial charge on any atom is 0.245 e. The van der Waals surface area contributed by atoms with Gasteiger partial charge in [-0.25, -0.2) is 0 Å². The summed E-state index contributed by atoms with van der Waals surface area (Å²) >= 11 is 0. The van der Waals surface area contributed by atoms with Crippen LogP contribution in [-0.4, -0.2) is 41.1 Å². The van der Waals surface area contributed by atoms with Crippen molar-refractivity contribution in [2.45, 2.75) is 19.8 Å². The first-order valence-electron chi connectivity index (χ1n) is 9.72. The van der Waals surface area contributed by atoms with E-state index in [1.807, 2.05) is 23.1 Å². The monoisotopic (exact) mass is 374 g/mol. The first-order chi connectivity index (χ1) is 13.5. The van der Waals surface area contributed by atoms with Crippen LogP contribution in [-0.2, 0) is 4.79 Å². The van der Waals surface area contributed by atoms with Crippen molar-refractivity contribution < 1.29 is 4.79 Å². The minimum atomic E-state index is 0.0229. The third-order valence-electron chi connectivity index (χ3n) is 5.35. The van der Waals surface area contributed by atoms with Crippen LogP contribution in [0.5, 0.6) is 0 Å². The van der Waals surface area contributed by atoms with E-state index in [9.17, 15) is 4.79 Å². The van der Waals surface area contributed by atoms with Crippen LogP contribution in [0.15, 0.2) is 72.7 Å². The lowest BCUT2D eigenvalue weighted by Gasteiger charge is -2.35. The number of likely N-dealkylation sites (tertiary alicyclic amines) is 1. The van der Waals surface area contributed by atoms with Gasteiger partial charge in [-0.15, -0.1) is 0 Å². The Labute approximate surface area is 168 Å². The van der Waals surface area contributed by atoms with Gasteiger partial charge in [-0.1, -0.05) is 37.4 Å². The van der Waals surface area contributed by atoms with E-state index in [1.54, 1.807) is 6.20 Å². The molecule has 145 valence electrons. The van der Waals surface area contributed by atoms with Gasteiger partial charge in [0, 0.05) is 32.0 Å². The molecule has 0 bridgehead atoms. The Morgan fingerprint density at radius 1 is 1.36 bits per heavy atom. The summed E-state index contributed by atoms with van der Waals surface area (Å²) in [6, 6.07) is 8.22. The normalized spacial score (nSPS) is 22.5. The fraction of sp³-hybridized carbons (Fsp3) is 0.292. The molecule has 3 rings (SSSR count). The number of carbonyl (C=O) groups is 1. The van der Waals surface area contributed by atoms with Gasteiger partial charge in [0.05, 0.1) is 11.4 Å². The Kier molecular flexibility index (Phi) is 6.30. The summed E-state index contributed by atoms with van der Waals surface area (Å²) in [5.74, 6) is 0.433. The Morgan fingerprint density at radius 3 is 2.89 bits per heavy atom. The Bertz CT molecular complexity index is 862. The molecule has 1 radical (unpaired) electrons. The van der Waals surface area contributed by atoms with Crippen molar-refractivity contribution in [1.29, 1.82) is 0 Å². The number of benzene rings is 1. The summed E-state index contributed by atoms with van der Waals surface area (Å²) in [4.78, 5) is 20.7. The van der Waals surface area contributed by atoms with Gasteiger partial charge in [-0.2, -0.15) is 0 Å². The predicted octanol–water partition coefficient (Wildman–Crippen LogP) is 4.44. The van der Waals surface area contributed by atoms with E-state index >= 15 is 0 Å². The number of hydrogen-bond donors (Lipinski definition) is 0. The lowest BCUT2D eigenvalue weighted by molar-refractivity contribution is -0.127. The van der Waals surface area contributed by atoms with E-state index in [4.69, 9.17) is 0 Å². The highest BCUT2D eigenvalue weighted by molar-refractivity contribution is 6.14. The maximum atomic E-state index is 12.0. The molecule has 1 aromatic carbocycles. The third kappa shape index (κ3) is 4.33. The molecule has 0 saturated carbocycles. The molecule has 0 N–H and O–H groups in total. The van der Waals surface area contributed by atoms with Crippen LogP contribution in [0, 0.1) is 12.8 Å². The van der Waals surface area contributed by atoms with Gasteiger partial charge in [0.2, 0.25) is 5.91 Å². The molecule has 4 nitrogen and oxygen atoms in total. The molecule has 2 aliphatic rings. The van der Waals surface area contributed by atoms with Crippen molar-refractivity contribution in [2.24, 2.45) is 10.9 Å². The molecule has 1 atom stereocenters. The van der Waals surface area contributed by atoms with Crippen LogP contribution >= 0.6 is 0 Å². The number of nitrogens with zero attached hydrogens (tertiary/aromatic N) is 3. The minimum absolute atomic E-state index is 0.0229. The highest BCUT2D eigenvalue weighted by Gasteiger charge is 2.28. The standard InChI is InChI=1S/C24H28N3O/c1-5-23(28)26-13-8-10-20(16-26)17-27-14-12-22(25-6-2)24(27)19(4)21-11-7-9-18(3)15-21/h5-7,9,11-12,14-15,20H,1-3,8,10,13,16-17H2,4H3/b24-19-,25-22?. The largest absolute Gasteiger partial charge is 0.346 e. The SMILES string of the molecule is [CH2]c1cccc(/C(C)=C2/C(=NC=C)C=CN2CC2CCCN(C(=O)C=C)C2)c1. The van der Waals surface area contributed by atoms with Crippen molar-refractivity contribution in [3.05, 3.63) is 85.7 Å². The van der Waals surface area contributed by atoms with Crippen LogP contribution in [0.1, 0.15) is 30.9 Å². The zero-order valence-electron chi connectivity index (χ0n) is 16.6. The molecule has 28 heavy (non-hydrogen) atoms. The number of amides is 1. The van der Waals surface area contributed by atoms with Gasteiger partial charge in [0.15, 0.2) is 0 Å². The second kappa shape index (κ2) is 8.87. The molecular weight excluding hydrogens is 346 g/mol. The van der Waals surface area contributed by atoms with E-state index in [1.165, 1.54) is 6.08 Å². The summed E-state index contributed by atoms with van der Waals surface area (Å²) in [7, 11) is 0. The second-order valence-corrected chi connectivity index (χ2v) is 7.34. The summed E-state index contributed by atoms with van der Waals surface area (Å²) < 4.78 is 0. The van der Waals surface area contributed by atoms with Gasteiger partial charge >= 0.3 is 0 Å². The molecule has 4 heteroatoms. The lowest BCUT2D eigenvalue weighted by Crippen LogP contribution is -2.42. The smallest absolute Gasteiger partial charge is 0.245 e. The molecule has 2 aliphatic heterocycles. The molecule has 1 aromatic rings. The van der Waals surface area contributed by atoms with Gasteiger partial charge in [-0.3, -0.25) is 9.79 Å². The molecule has 2 heterocycles. The Hall–Kier alpha value is -2.88. The van der Waals surface area contributed by atoms with Crippen molar-refractivity contribution >= 4 is 17.2 Å². The lowest BCUT2D eigenvalue weighted by atomic mass is 9.96. The molecule has 0 spiro atoms. The number of piperidine rings is 1. The summed E-state index contributed by atoms with van der Waals surface area (Å²) in [6.45, 7) is 16.0. The molecule has 1 unspecified atom stereocenters. The summed E-state index contributed by atoms with van der Waals surface area (Å²) in [5, 5.41) is 0. The van der Waals surface area contributed by atoms with Crippen LogP contribution in [0.3, 0.4) is 0 Å². The topological polar surface area (TPSA) is 35.9 Å². The fourth-order valence-corrected chi connectivity index (χ4v) is 3.99. The predicted molar refractivity (Wildman–Crippen MR) is 116 cm³/mol. The van der Waals surface area contributed by atoms with Crippen LogP contribution in [0.4, 0.5) is 0 Å². The quantitative estimate of drug-likeness (QED) is 0.715. The maximum absolute atomic E-state index is 12.0. The first-order valence-corrected chi connectivity index (χ1v) is 9.72. The van der Waals surface area contributed by atoms with E-state index < -0.39 is 0 Å². The zero-order chi connectivity index (χ0) is 20.1. The van der Waals surface area contributed by atoms with Gasteiger partial charge in [-0.05, 0) is 61.5 Å². The van der Waals surface area contributed by atoms with Crippen molar-refractivity contribution in [1.82, 2.24) is 9.80 Å². The number of carbonyl (C=O) groups excluding carboxylic acids is 1. The fourth-order valence-electron chi connectivity index (χ4n) is 3.99. The van der Waals surface area contributed by atoms with E-state index in [0.717, 1.165) is 60.6 Å². The second-order valence-electron chi connectivity index (χ2n) is 7.34. The molecule has 1 saturated heterocycles. The van der Waals surface area contributed by atoms with E-state index in [0.29, 0.717) is 5.92 Å². The van der Waals surface area contributed by atoms with Crippen molar-refractivity contribution in [3.63, 3.8) is 0 Å². The highest BCUT2D eigenvalue weighted by atomic mass is 16.2. The van der Waals surface area contributed by atoms with Crippen molar-refractivity contribution in [3.8, 4) is 0 Å². The number of hydrogen-bond acceptors (Lipinski definition) is 3. The van der Waals surface area contributed by atoms with Crippen LogP contribution in [0.2, 0.25) is 0 Å². The first kappa shape index (κ1) is 19.9. The summed E-state index contributed by atoms with van der Waals surface area (Å²) in [6.07, 6.45) is 9.25. The molecule has 1 amide bonds. The van der Waals surface area contributed by atoms with Gasteiger partial charge in [0.1, 0.15) is 0 Å². The van der Waals surface area contributed by atoms with Crippen LogP contribution in [0.25, 0.3) is 5.57 Å². The number of allylic oxidation sites excluding steroid dienone is 2. The van der Waals surface area contributed by atoms with Gasteiger partial charge in [0.25, 0.3) is 0 Å². The Balaban J connectivity index is 1.87. The summed E-state index contributed by atoms with van der Waals surface area (Å²) in [5.41, 5.74) is 5.29. The Morgan fingerprint density at radius 2 is 2.18 bits per heavy atom. The zero-order valence-corrected chi connectivity index (χ0v) is 16.6. The third-order valence-corrected chi connectivity index (χ3v) is 5.35. The van der Waals surface area contributed by atoms with E-state index in [-0.39, 0.29) is 5.91 Å². The molecule has 1 fully saturated rings. The molecule has 0 aliphatic carbocycles.